The molecule has 0 unspecified atom stereocenters. The Balaban J connectivity index is 1.81. The van der Waals surface area contributed by atoms with Gasteiger partial charge in [-0.3, -0.25) is 9.59 Å². The maximum atomic E-state index is 12.1. The van der Waals surface area contributed by atoms with Crippen LogP contribution in [0.15, 0.2) is 45.5 Å². The number of hydrogen-bond donors (Lipinski definition) is 3. The van der Waals surface area contributed by atoms with E-state index in [-0.39, 0.29) is 30.7 Å². The molecule has 28 heavy (non-hydrogen) atoms. The van der Waals surface area contributed by atoms with Gasteiger partial charge in [0.2, 0.25) is 5.91 Å². The largest absolute Gasteiger partial charge is 0.444 e. The number of nitrogens with one attached hydrogen (secondary N) is 3. The van der Waals surface area contributed by atoms with Crippen LogP contribution in [0.4, 0.5) is 10.5 Å². The standard InChI is InChI=1S/C19H22BrN3O5/c1-19(2,3)28-18(26)22-11-16(24)21-10-12-5-4-6-13(9-12)23-17(25)14-7-8-15(20)27-14/h4-9H,10-11H2,1-3H3,(H,21,24)(H,22,26)(H,23,25). The van der Waals surface area contributed by atoms with Crippen LogP contribution in [0.5, 0.6) is 0 Å². The number of furan rings is 1. The second kappa shape index (κ2) is 9.41. The summed E-state index contributed by atoms with van der Waals surface area (Å²) in [7, 11) is 0. The van der Waals surface area contributed by atoms with E-state index in [2.05, 4.69) is 31.9 Å². The summed E-state index contributed by atoms with van der Waals surface area (Å²) in [4.78, 5) is 35.5. The molecule has 150 valence electrons. The van der Waals surface area contributed by atoms with E-state index in [1.165, 1.54) is 0 Å². The maximum Gasteiger partial charge on any atom is 0.408 e. The zero-order valence-corrected chi connectivity index (χ0v) is 17.4. The molecule has 0 radical (unpaired) electrons. The van der Waals surface area contributed by atoms with Crippen LogP contribution in [0.3, 0.4) is 0 Å². The van der Waals surface area contributed by atoms with Crippen LogP contribution in [-0.2, 0) is 16.1 Å². The Morgan fingerprint density at radius 1 is 1.11 bits per heavy atom. The van der Waals surface area contributed by atoms with Gasteiger partial charge in [0.15, 0.2) is 10.4 Å². The van der Waals surface area contributed by atoms with Crippen molar-refractivity contribution < 1.29 is 23.5 Å². The fourth-order valence-corrected chi connectivity index (χ4v) is 2.42. The highest BCUT2D eigenvalue weighted by Gasteiger charge is 2.16. The Labute approximate surface area is 171 Å². The van der Waals surface area contributed by atoms with Crippen molar-refractivity contribution in [2.24, 2.45) is 0 Å². The summed E-state index contributed by atoms with van der Waals surface area (Å²) < 4.78 is 10.7. The van der Waals surface area contributed by atoms with Crippen LogP contribution < -0.4 is 16.0 Å². The van der Waals surface area contributed by atoms with Gasteiger partial charge in [0.25, 0.3) is 5.91 Å². The molecule has 2 aromatic rings. The molecule has 3 N–H and O–H groups in total. The van der Waals surface area contributed by atoms with Crippen molar-refractivity contribution in [2.75, 3.05) is 11.9 Å². The van der Waals surface area contributed by atoms with Gasteiger partial charge in [-0.25, -0.2) is 4.79 Å². The lowest BCUT2D eigenvalue weighted by atomic mass is 10.2. The van der Waals surface area contributed by atoms with Crippen molar-refractivity contribution in [1.29, 1.82) is 0 Å². The summed E-state index contributed by atoms with van der Waals surface area (Å²) in [6.45, 7) is 5.26. The van der Waals surface area contributed by atoms with E-state index in [0.29, 0.717) is 10.4 Å². The quantitative estimate of drug-likeness (QED) is 0.622. The number of halogens is 1. The minimum atomic E-state index is -0.656. The number of carbonyl (C=O) groups is 3. The minimum absolute atomic E-state index is 0.179. The van der Waals surface area contributed by atoms with Gasteiger partial charge < -0.3 is 25.1 Å². The molecule has 1 aromatic heterocycles. The Hall–Kier alpha value is -2.81. The topological polar surface area (TPSA) is 110 Å². The molecular weight excluding hydrogens is 430 g/mol. The molecule has 3 amide bonds. The van der Waals surface area contributed by atoms with Crippen molar-refractivity contribution in [3.05, 3.63) is 52.4 Å². The van der Waals surface area contributed by atoms with Crippen molar-refractivity contribution in [1.82, 2.24) is 10.6 Å². The van der Waals surface area contributed by atoms with Crippen molar-refractivity contribution in [3.8, 4) is 0 Å². The molecule has 0 aliphatic heterocycles. The highest BCUT2D eigenvalue weighted by molar-refractivity contribution is 9.10. The Morgan fingerprint density at radius 2 is 1.86 bits per heavy atom. The lowest BCUT2D eigenvalue weighted by Crippen LogP contribution is -2.39. The van der Waals surface area contributed by atoms with Crippen LogP contribution in [-0.4, -0.2) is 30.1 Å². The second-order valence-electron chi connectivity index (χ2n) is 6.89. The maximum absolute atomic E-state index is 12.1. The second-order valence-corrected chi connectivity index (χ2v) is 7.67. The van der Waals surface area contributed by atoms with Gasteiger partial charge in [-0.1, -0.05) is 12.1 Å². The summed E-state index contributed by atoms with van der Waals surface area (Å²) in [6.07, 6.45) is -0.656. The fourth-order valence-electron chi connectivity index (χ4n) is 2.12. The number of alkyl carbamates (subject to hydrolysis) is 1. The monoisotopic (exact) mass is 451 g/mol. The summed E-state index contributed by atoms with van der Waals surface area (Å²) in [5, 5.41) is 7.80. The summed E-state index contributed by atoms with van der Waals surface area (Å²) in [5.41, 5.74) is 0.720. The molecule has 1 aromatic carbocycles. The Kier molecular flexibility index (Phi) is 7.22. The number of amides is 3. The molecule has 2 rings (SSSR count). The summed E-state index contributed by atoms with van der Waals surface area (Å²) >= 11 is 3.15. The van der Waals surface area contributed by atoms with E-state index in [9.17, 15) is 14.4 Å². The zero-order valence-electron chi connectivity index (χ0n) is 15.8. The van der Waals surface area contributed by atoms with Crippen molar-refractivity contribution in [2.45, 2.75) is 32.9 Å². The third kappa shape index (κ3) is 7.43. The van der Waals surface area contributed by atoms with Crippen molar-refractivity contribution in [3.63, 3.8) is 0 Å². The average Bonchev–Trinajstić information content (AvgIpc) is 3.03. The summed E-state index contributed by atoms with van der Waals surface area (Å²) in [5.74, 6) is -0.562. The molecule has 1 heterocycles. The third-order valence-corrected chi connectivity index (χ3v) is 3.69. The van der Waals surface area contributed by atoms with Gasteiger partial charge in [0.1, 0.15) is 12.1 Å². The molecule has 8 nitrogen and oxygen atoms in total. The molecule has 0 aliphatic carbocycles. The van der Waals surface area contributed by atoms with Crippen LogP contribution in [0, 0.1) is 0 Å². The number of hydrogen-bond acceptors (Lipinski definition) is 5. The zero-order chi connectivity index (χ0) is 20.7. The minimum Gasteiger partial charge on any atom is -0.444 e. The SMILES string of the molecule is CC(C)(C)OC(=O)NCC(=O)NCc1cccc(NC(=O)c2ccc(Br)o2)c1. The molecular formula is C19H22BrN3O5. The van der Waals surface area contributed by atoms with E-state index in [1.807, 2.05) is 0 Å². The lowest BCUT2D eigenvalue weighted by molar-refractivity contribution is -0.120. The first-order valence-electron chi connectivity index (χ1n) is 8.51. The number of anilines is 1. The molecule has 0 saturated heterocycles. The molecule has 0 atom stereocenters. The third-order valence-electron chi connectivity index (χ3n) is 3.26. The van der Waals surface area contributed by atoms with Crippen LogP contribution in [0.2, 0.25) is 0 Å². The van der Waals surface area contributed by atoms with E-state index in [1.54, 1.807) is 57.2 Å². The predicted octanol–water partition coefficient (Wildman–Crippen LogP) is 3.44. The van der Waals surface area contributed by atoms with E-state index in [4.69, 9.17) is 9.15 Å². The van der Waals surface area contributed by atoms with Gasteiger partial charge in [-0.2, -0.15) is 0 Å². The van der Waals surface area contributed by atoms with E-state index < -0.39 is 11.7 Å². The Morgan fingerprint density at radius 3 is 2.50 bits per heavy atom. The van der Waals surface area contributed by atoms with Gasteiger partial charge >= 0.3 is 6.09 Å². The lowest BCUT2D eigenvalue weighted by Gasteiger charge is -2.19. The van der Waals surface area contributed by atoms with E-state index >= 15 is 0 Å². The molecule has 0 aliphatic rings. The number of benzene rings is 1. The Bertz CT molecular complexity index is 857. The number of rotatable bonds is 6. The van der Waals surface area contributed by atoms with Gasteiger partial charge in [-0.05, 0) is 66.5 Å². The first-order chi connectivity index (χ1) is 13.1. The van der Waals surface area contributed by atoms with Gasteiger partial charge in [0, 0.05) is 12.2 Å². The fraction of sp³-hybridized carbons (Fsp3) is 0.316. The molecule has 0 bridgehead atoms. The normalized spacial score (nSPS) is 10.9. The predicted molar refractivity (Wildman–Crippen MR) is 107 cm³/mol. The molecule has 9 heteroatoms. The van der Waals surface area contributed by atoms with E-state index in [0.717, 1.165) is 5.56 Å². The van der Waals surface area contributed by atoms with Gasteiger partial charge in [0.05, 0.1) is 0 Å². The van der Waals surface area contributed by atoms with Gasteiger partial charge in [-0.15, -0.1) is 0 Å². The highest BCUT2D eigenvalue weighted by Crippen LogP contribution is 2.17. The average molecular weight is 452 g/mol. The highest BCUT2D eigenvalue weighted by atomic mass is 79.9. The van der Waals surface area contributed by atoms with Crippen LogP contribution in [0.1, 0.15) is 36.9 Å². The molecule has 0 fully saturated rings. The first-order valence-corrected chi connectivity index (χ1v) is 9.31. The summed E-state index contributed by atoms with van der Waals surface area (Å²) in [6, 6.07) is 10.2. The van der Waals surface area contributed by atoms with Crippen molar-refractivity contribution >= 4 is 39.5 Å². The molecule has 0 saturated carbocycles. The van der Waals surface area contributed by atoms with Crippen LogP contribution >= 0.6 is 15.9 Å². The molecule has 0 spiro atoms. The first kappa shape index (κ1) is 21.5. The smallest absolute Gasteiger partial charge is 0.408 e. The number of carbonyl (C=O) groups excluding carboxylic acids is 3. The van der Waals surface area contributed by atoms with Crippen LogP contribution in [0.25, 0.3) is 0 Å². The number of ether oxygens (including phenoxy) is 1.